The van der Waals surface area contributed by atoms with Crippen LogP contribution in [0.4, 0.5) is 0 Å². The summed E-state index contributed by atoms with van der Waals surface area (Å²) in [6.45, 7) is 0. The van der Waals surface area contributed by atoms with E-state index in [0.717, 1.165) is 71.6 Å². The van der Waals surface area contributed by atoms with E-state index >= 15 is 0 Å². The number of fused-ring (bicyclic) bond motifs is 11. The third kappa shape index (κ3) is 4.07. The fourth-order valence-corrected chi connectivity index (χ4v) is 7.77. The zero-order valence-electron chi connectivity index (χ0n) is 27.2. The second kappa shape index (κ2) is 10.7. The van der Waals surface area contributed by atoms with Crippen molar-refractivity contribution in [3.63, 3.8) is 0 Å². The van der Waals surface area contributed by atoms with E-state index in [1.165, 1.54) is 10.8 Å². The number of hydrogen-bond acceptors (Lipinski definition) is 4. The summed E-state index contributed by atoms with van der Waals surface area (Å²) in [7, 11) is 0. The van der Waals surface area contributed by atoms with Gasteiger partial charge in [0, 0.05) is 49.1 Å². The molecule has 7 aromatic carbocycles. The van der Waals surface area contributed by atoms with Gasteiger partial charge in [0.25, 0.3) is 0 Å². The molecule has 0 aliphatic carbocycles. The van der Waals surface area contributed by atoms with Crippen LogP contribution in [-0.4, -0.2) is 24.1 Å². The highest BCUT2D eigenvalue weighted by molar-refractivity contribution is 6.29. The molecular weight excluding hydrogens is 627 g/mol. The molecule has 4 heterocycles. The molecule has 0 bridgehead atoms. The maximum atomic E-state index is 6.77. The Labute approximate surface area is 291 Å². The van der Waals surface area contributed by atoms with Crippen LogP contribution in [0.5, 0.6) is 0 Å². The molecule has 0 unspecified atom stereocenters. The smallest absolute Gasteiger partial charge is 0.238 e. The van der Waals surface area contributed by atoms with E-state index in [-0.39, 0.29) is 0 Å². The minimum Gasteiger partial charge on any atom is -0.454 e. The van der Waals surface area contributed by atoms with Crippen LogP contribution in [0.15, 0.2) is 168 Å². The fraction of sp³-hybridized carbons (Fsp3) is 0. The van der Waals surface area contributed by atoms with Crippen molar-refractivity contribution < 1.29 is 4.42 Å². The third-order valence-corrected chi connectivity index (χ3v) is 9.97. The van der Waals surface area contributed by atoms with Crippen molar-refractivity contribution in [3.8, 4) is 34.4 Å². The number of hydrogen-bond donors (Lipinski definition) is 0. The number of benzene rings is 7. The Morgan fingerprint density at radius 1 is 0.392 bits per heavy atom. The lowest BCUT2D eigenvalue weighted by Crippen LogP contribution is -2.06. The van der Waals surface area contributed by atoms with Crippen molar-refractivity contribution in [2.45, 2.75) is 0 Å². The predicted molar refractivity (Wildman–Crippen MR) is 207 cm³/mol. The van der Waals surface area contributed by atoms with Gasteiger partial charge in [-0.15, -0.1) is 0 Å². The molecule has 0 atom stereocenters. The summed E-state index contributed by atoms with van der Waals surface area (Å²) in [5.41, 5.74) is 8.73. The van der Waals surface area contributed by atoms with E-state index in [0.29, 0.717) is 17.6 Å². The summed E-state index contributed by atoms with van der Waals surface area (Å²) in [4.78, 5) is 15.5. The quantitative estimate of drug-likeness (QED) is 0.190. The Balaban J connectivity index is 1.36. The van der Waals surface area contributed by atoms with Gasteiger partial charge >= 0.3 is 0 Å². The number of aromatic nitrogens is 5. The van der Waals surface area contributed by atoms with E-state index in [9.17, 15) is 0 Å². The van der Waals surface area contributed by atoms with Crippen LogP contribution >= 0.6 is 0 Å². The number of furan rings is 1. The van der Waals surface area contributed by atoms with Gasteiger partial charge < -0.3 is 8.98 Å². The summed E-state index contributed by atoms with van der Waals surface area (Å²) < 4.78 is 11.3. The highest BCUT2D eigenvalue weighted by Crippen LogP contribution is 2.45. The standard InChI is InChI=1S/C45H27N5O/c1-4-14-28(15-5-1)43-46-44(29-16-6-2-7-17-29)48-45(47-43)50-37-27-26-33-31-20-10-12-22-36(31)49(30-18-8-3-9-19-30)40(33)39(37)35-25-24-34-32-21-11-13-23-38(32)51-42(34)41(35)50/h1-27H. The Kier molecular flexibility index (Phi) is 5.86. The average Bonchev–Trinajstić information content (AvgIpc) is 3.86. The van der Waals surface area contributed by atoms with Crippen LogP contribution in [0.1, 0.15) is 0 Å². The van der Waals surface area contributed by atoms with Crippen LogP contribution in [0.3, 0.4) is 0 Å². The lowest BCUT2D eigenvalue weighted by atomic mass is 10.1. The molecule has 6 nitrogen and oxygen atoms in total. The lowest BCUT2D eigenvalue weighted by molar-refractivity contribution is 0.670. The average molecular weight is 654 g/mol. The highest BCUT2D eigenvalue weighted by Gasteiger charge is 2.25. The number of nitrogens with zero attached hydrogens (tertiary/aromatic N) is 5. The van der Waals surface area contributed by atoms with Gasteiger partial charge in [-0.1, -0.05) is 127 Å². The predicted octanol–water partition coefficient (Wildman–Crippen LogP) is 11.3. The molecule has 0 N–H and O–H groups in total. The minimum atomic E-state index is 0.525. The molecule has 0 fully saturated rings. The first kappa shape index (κ1) is 27.9. The van der Waals surface area contributed by atoms with E-state index in [1.807, 2.05) is 72.8 Å². The molecule has 11 aromatic rings. The first-order chi connectivity index (χ1) is 25.3. The van der Waals surface area contributed by atoms with E-state index in [1.54, 1.807) is 0 Å². The Bertz CT molecular complexity index is 3060. The SMILES string of the molecule is c1ccc(-c2nc(-c3ccccc3)nc(-n3c4ccc5c6ccccc6n(-c6ccccc6)c5c4c4ccc5c6ccccc6oc5c43)n2)cc1. The second-order valence-corrected chi connectivity index (χ2v) is 12.8. The van der Waals surface area contributed by atoms with Crippen LogP contribution in [-0.2, 0) is 0 Å². The van der Waals surface area contributed by atoms with Gasteiger partial charge in [-0.3, -0.25) is 4.57 Å². The maximum absolute atomic E-state index is 6.77. The largest absolute Gasteiger partial charge is 0.454 e. The molecule has 0 saturated heterocycles. The molecule has 0 aliphatic heterocycles. The summed E-state index contributed by atoms with van der Waals surface area (Å²) in [6, 6.07) is 56.6. The third-order valence-electron chi connectivity index (χ3n) is 9.97. The van der Waals surface area contributed by atoms with Crippen molar-refractivity contribution >= 4 is 65.6 Å². The summed E-state index contributed by atoms with van der Waals surface area (Å²) >= 11 is 0. The zero-order chi connectivity index (χ0) is 33.5. The minimum absolute atomic E-state index is 0.525. The Morgan fingerprint density at radius 3 is 1.71 bits per heavy atom. The normalized spacial score (nSPS) is 11.9. The van der Waals surface area contributed by atoms with Crippen molar-refractivity contribution in [3.05, 3.63) is 164 Å². The van der Waals surface area contributed by atoms with Gasteiger partial charge in [0.05, 0.1) is 16.6 Å². The molecule has 0 radical (unpaired) electrons. The van der Waals surface area contributed by atoms with E-state index < -0.39 is 0 Å². The lowest BCUT2D eigenvalue weighted by Gasteiger charge is -2.11. The molecule has 11 rings (SSSR count). The van der Waals surface area contributed by atoms with E-state index in [2.05, 4.69) is 100 Å². The second-order valence-electron chi connectivity index (χ2n) is 12.8. The molecule has 51 heavy (non-hydrogen) atoms. The summed E-state index contributed by atoms with van der Waals surface area (Å²) in [5.74, 6) is 1.73. The van der Waals surface area contributed by atoms with Crippen LogP contribution in [0.25, 0.3) is 100.0 Å². The van der Waals surface area contributed by atoms with Gasteiger partial charge in [-0.05, 0) is 36.4 Å². The Hall–Kier alpha value is -7.05. The van der Waals surface area contributed by atoms with Gasteiger partial charge in [-0.2, -0.15) is 9.97 Å². The fourth-order valence-electron chi connectivity index (χ4n) is 7.77. The van der Waals surface area contributed by atoms with Gasteiger partial charge in [0.15, 0.2) is 17.2 Å². The highest BCUT2D eigenvalue weighted by atomic mass is 16.3. The summed E-state index contributed by atoms with van der Waals surface area (Å²) in [5, 5.41) is 6.65. The first-order valence-electron chi connectivity index (χ1n) is 17.0. The van der Waals surface area contributed by atoms with Crippen molar-refractivity contribution in [2.75, 3.05) is 0 Å². The van der Waals surface area contributed by atoms with Crippen LogP contribution < -0.4 is 0 Å². The molecule has 6 heteroatoms. The van der Waals surface area contributed by atoms with Crippen LogP contribution in [0.2, 0.25) is 0 Å². The molecule has 0 amide bonds. The zero-order valence-corrected chi connectivity index (χ0v) is 27.2. The number of rotatable bonds is 4. The number of para-hydroxylation sites is 3. The van der Waals surface area contributed by atoms with Gasteiger partial charge in [-0.25, -0.2) is 4.98 Å². The van der Waals surface area contributed by atoms with Crippen LogP contribution in [0, 0.1) is 0 Å². The van der Waals surface area contributed by atoms with Gasteiger partial charge in [0.2, 0.25) is 5.95 Å². The van der Waals surface area contributed by atoms with Gasteiger partial charge in [0.1, 0.15) is 11.1 Å². The maximum Gasteiger partial charge on any atom is 0.238 e. The first-order valence-corrected chi connectivity index (χ1v) is 17.0. The molecule has 0 saturated carbocycles. The Morgan fingerprint density at radius 2 is 0.980 bits per heavy atom. The molecular formula is C45H27N5O. The molecule has 4 aromatic heterocycles. The van der Waals surface area contributed by atoms with Crippen molar-refractivity contribution in [1.29, 1.82) is 0 Å². The molecule has 0 aliphatic rings. The summed E-state index contributed by atoms with van der Waals surface area (Å²) in [6.07, 6.45) is 0. The van der Waals surface area contributed by atoms with E-state index in [4.69, 9.17) is 19.4 Å². The molecule has 238 valence electrons. The monoisotopic (exact) mass is 653 g/mol. The topological polar surface area (TPSA) is 61.7 Å². The molecule has 0 spiro atoms. The van der Waals surface area contributed by atoms with Crippen molar-refractivity contribution in [1.82, 2.24) is 24.1 Å². The van der Waals surface area contributed by atoms with Crippen molar-refractivity contribution in [2.24, 2.45) is 0 Å².